The lowest BCUT2D eigenvalue weighted by Gasteiger charge is -2.24. The first-order valence-electron chi connectivity index (χ1n) is 6.46. The van der Waals surface area contributed by atoms with Gasteiger partial charge in [-0.2, -0.15) is 13.2 Å². The van der Waals surface area contributed by atoms with Crippen molar-refractivity contribution >= 4 is 0 Å². The average Bonchev–Trinajstić information content (AvgIpc) is 2.83. The second-order valence-corrected chi connectivity index (χ2v) is 4.98. The minimum absolute atomic E-state index is 0.217. The fourth-order valence-corrected chi connectivity index (χ4v) is 2.62. The maximum absolute atomic E-state index is 12.8. The highest BCUT2D eigenvalue weighted by Gasteiger charge is 2.31. The highest BCUT2D eigenvalue weighted by molar-refractivity contribution is 5.58. The summed E-state index contributed by atoms with van der Waals surface area (Å²) < 4.78 is 40.2. The van der Waals surface area contributed by atoms with Gasteiger partial charge in [-0.05, 0) is 31.4 Å². The Balaban J connectivity index is 2.08. The normalized spacial score (nSPS) is 18.9. The minimum atomic E-state index is -4.35. The molecule has 3 rings (SSSR count). The number of alkyl halides is 3. The molecule has 2 heterocycles. The van der Waals surface area contributed by atoms with Crippen LogP contribution < -0.4 is 5.73 Å². The number of imidazole rings is 1. The standard InChI is InChI=1S/C14H14F3N3/c15-14(16,17)10-4-1-3-9(7-10)13-19-8-11-5-2-6-12(18)20(11)13/h1,3-4,7-8,12H,2,5-6,18H2. The van der Waals surface area contributed by atoms with E-state index in [0.29, 0.717) is 11.4 Å². The molecule has 0 amide bonds. The maximum Gasteiger partial charge on any atom is 0.416 e. The Morgan fingerprint density at radius 1 is 1.30 bits per heavy atom. The zero-order chi connectivity index (χ0) is 14.3. The van der Waals surface area contributed by atoms with Gasteiger partial charge >= 0.3 is 6.18 Å². The molecule has 2 aromatic rings. The van der Waals surface area contributed by atoms with Crippen LogP contribution in [0.5, 0.6) is 0 Å². The number of nitrogens with zero attached hydrogens (tertiary/aromatic N) is 2. The van der Waals surface area contributed by atoms with E-state index in [2.05, 4.69) is 4.98 Å². The van der Waals surface area contributed by atoms with Gasteiger partial charge in [0.25, 0.3) is 0 Å². The first-order chi connectivity index (χ1) is 9.47. The van der Waals surface area contributed by atoms with E-state index in [1.54, 1.807) is 12.3 Å². The first-order valence-corrected chi connectivity index (χ1v) is 6.46. The van der Waals surface area contributed by atoms with E-state index < -0.39 is 11.7 Å². The molecule has 0 radical (unpaired) electrons. The van der Waals surface area contributed by atoms with Crippen LogP contribution in [0.2, 0.25) is 0 Å². The number of rotatable bonds is 1. The van der Waals surface area contributed by atoms with E-state index in [0.717, 1.165) is 37.1 Å². The minimum Gasteiger partial charge on any atom is -0.312 e. The van der Waals surface area contributed by atoms with E-state index in [1.165, 1.54) is 6.07 Å². The van der Waals surface area contributed by atoms with Gasteiger partial charge in [0.1, 0.15) is 5.82 Å². The Bertz CT molecular complexity index is 631. The van der Waals surface area contributed by atoms with Crippen molar-refractivity contribution in [2.75, 3.05) is 0 Å². The van der Waals surface area contributed by atoms with E-state index in [1.807, 2.05) is 4.57 Å². The van der Waals surface area contributed by atoms with Gasteiger partial charge in [0, 0.05) is 17.5 Å². The third kappa shape index (κ3) is 2.20. The summed E-state index contributed by atoms with van der Waals surface area (Å²) >= 11 is 0. The molecular weight excluding hydrogens is 267 g/mol. The predicted molar refractivity (Wildman–Crippen MR) is 68.8 cm³/mol. The van der Waals surface area contributed by atoms with Gasteiger partial charge in [0.15, 0.2) is 0 Å². The Kier molecular flexibility index (Phi) is 3.05. The molecule has 20 heavy (non-hydrogen) atoms. The fourth-order valence-electron chi connectivity index (χ4n) is 2.62. The quantitative estimate of drug-likeness (QED) is 0.871. The largest absolute Gasteiger partial charge is 0.416 e. The lowest BCUT2D eigenvalue weighted by Crippen LogP contribution is -2.25. The van der Waals surface area contributed by atoms with E-state index in [-0.39, 0.29) is 6.17 Å². The third-order valence-electron chi connectivity index (χ3n) is 3.59. The zero-order valence-corrected chi connectivity index (χ0v) is 10.7. The summed E-state index contributed by atoms with van der Waals surface area (Å²) in [5, 5.41) is 0. The van der Waals surface area contributed by atoms with Crippen molar-refractivity contribution in [1.82, 2.24) is 9.55 Å². The number of nitrogens with two attached hydrogens (primary N) is 1. The molecule has 6 heteroatoms. The van der Waals surface area contributed by atoms with Crippen LogP contribution in [0, 0.1) is 0 Å². The van der Waals surface area contributed by atoms with Crippen molar-refractivity contribution in [2.45, 2.75) is 31.6 Å². The van der Waals surface area contributed by atoms with Crippen molar-refractivity contribution in [1.29, 1.82) is 0 Å². The Labute approximate surface area is 114 Å². The molecule has 1 atom stereocenters. The van der Waals surface area contributed by atoms with Crippen LogP contribution in [0.15, 0.2) is 30.5 Å². The van der Waals surface area contributed by atoms with Crippen molar-refractivity contribution in [3.8, 4) is 11.4 Å². The van der Waals surface area contributed by atoms with E-state index in [9.17, 15) is 13.2 Å². The molecule has 0 saturated carbocycles. The third-order valence-corrected chi connectivity index (χ3v) is 3.59. The SMILES string of the molecule is NC1CCCc2cnc(-c3cccc(C(F)(F)F)c3)n21. The number of hydrogen-bond donors (Lipinski definition) is 1. The van der Waals surface area contributed by atoms with Crippen LogP contribution >= 0.6 is 0 Å². The Morgan fingerprint density at radius 3 is 2.85 bits per heavy atom. The highest BCUT2D eigenvalue weighted by atomic mass is 19.4. The highest BCUT2D eigenvalue weighted by Crippen LogP contribution is 2.33. The van der Waals surface area contributed by atoms with Crippen molar-refractivity contribution < 1.29 is 13.2 Å². The average molecular weight is 281 g/mol. The number of halogens is 3. The summed E-state index contributed by atoms with van der Waals surface area (Å²) in [6.45, 7) is 0. The molecule has 0 aliphatic carbocycles. The number of aromatic nitrogens is 2. The van der Waals surface area contributed by atoms with Gasteiger partial charge in [-0.15, -0.1) is 0 Å². The van der Waals surface area contributed by atoms with Gasteiger partial charge in [0.05, 0.1) is 11.7 Å². The van der Waals surface area contributed by atoms with Gasteiger partial charge < -0.3 is 10.3 Å². The van der Waals surface area contributed by atoms with Crippen molar-refractivity contribution in [3.05, 3.63) is 41.7 Å². The zero-order valence-electron chi connectivity index (χ0n) is 10.7. The van der Waals surface area contributed by atoms with Crippen LogP contribution in [0.3, 0.4) is 0 Å². The van der Waals surface area contributed by atoms with Gasteiger partial charge in [-0.3, -0.25) is 0 Å². The van der Waals surface area contributed by atoms with Crippen LogP contribution in [0.4, 0.5) is 13.2 Å². The van der Waals surface area contributed by atoms with Crippen LogP contribution in [0.1, 0.15) is 30.3 Å². The van der Waals surface area contributed by atoms with Gasteiger partial charge in [0.2, 0.25) is 0 Å². The Morgan fingerprint density at radius 2 is 2.10 bits per heavy atom. The molecule has 0 bridgehead atoms. The summed E-state index contributed by atoms with van der Waals surface area (Å²) in [5.41, 5.74) is 6.81. The molecule has 2 N–H and O–H groups in total. The number of hydrogen-bond acceptors (Lipinski definition) is 2. The molecule has 1 aliphatic heterocycles. The van der Waals surface area contributed by atoms with Crippen molar-refractivity contribution in [3.63, 3.8) is 0 Å². The lowest BCUT2D eigenvalue weighted by atomic mass is 10.1. The molecule has 3 nitrogen and oxygen atoms in total. The predicted octanol–water partition coefficient (Wildman–Crippen LogP) is 3.36. The molecule has 0 saturated heterocycles. The van der Waals surface area contributed by atoms with Crippen LogP contribution in [-0.4, -0.2) is 9.55 Å². The summed E-state index contributed by atoms with van der Waals surface area (Å²) in [7, 11) is 0. The van der Waals surface area contributed by atoms with Gasteiger partial charge in [-0.1, -0.05) is 12.1 Å². The molecule has 1 unspecified atom stereocenters. The van der Waals surface area contributed by atoms with E-state index >= 15 is 0 Å². The topological polar surface area (TPSA) is 43.8 Å². The summed E-state index contributed by atoms with van der Waals surface area (Å²) in [6.07, 6.45) is -0.209. The first kappa shape index (κ1) is 13.2. The smallest absolute Gasteiger partial charge is 0.312 e. The Hall–Kier alpha value is -1.82. The lowest BCUT2D eigenvalue weighted by molar-refractivity contribution is -0.137. The monoisotopic (exact) mass is 281 g/mol. The van der Waals surface area contributed by atoms with Gasteiger partial charge in [-0.25, -0.2) is 4.98 Å². The number of benzene rings is 1. The molecule has 0 fully saturated rings. The van der Waals surface area contributed by atoms with Crippen molar-refractivity contribution in [2.24, 2.45) is 5.73 Å². The maximum atomic E-state index is 12.8. The second kappa shape index (κ2) is 4.63. The molecule has 0 spiro atoms. The van der Waals surface area contributed by atoms with Crippen LogP contribution in [0.25, 0.3) is 11.4 Å². The number of aryl methyl sites for hydroxylation is 1. The van der Waals surface area contributed by atoms with E-state index in [4.69, 9.17) is 5.73 Å². The molecule has 1 aliphatic rings. The number of fused-ring (bicyclic) bond motifs is 1. The summed E-state index contributed by atoms with van der Waals surface area (Å²) in [4.78, 5) is 4.26. The molecule has 1 aromatic carbocycles. The summed E-state index contributed by atoms with van der Waals surface area (Å²) in [5.74, 6) is 0.512. The van der Waals surface area contributed by atoms with Crippen LogP contribution in [-0.2, 0) is 12.6 Å². The fraction of sp³-hybridized carbons (Fsp3) is 0.357. The summed E-state index contributed by atoms with van der Waals surface area (Å²) in [6, 6.07) is 5.21. The molecule has 106 valence electrons. The molecule has 1 aromatic heterocycles. The second-order valence-electron chi connectivity index (χ2n) is 4.98. The molecular formula is C14H14F3N3.